The van der Waals surface area contributed by atoms with Crippen molar-refractivity contribution in [3.63, 3.8) is 0 Å². The Kier molecular flexibility index (Phi) is 5.52. The van der Waals surface area contributed by atoms with Gasteiger partial charge in [-0.3, -0.25) is 4.79 Å². The van der Waals surface area contributed by atoms with Crippen molar-refractivity contribution in [2.45, 2.75) is 6.92 Å². The van der Waals surface area contributed by atoms with Gasteiger partial charge in [0, 0.05) is 5.56 Å². The number of ketones is 1. The highest BCUT2D eigenvalue weighted by Crippen LogP contribution is 2.38. The van der Waals surface area contributed by atoms with Crippen LogP contribution in [0.25, 0.3) is 0 Å². The fraction of sp³-hybridized carbons (Fsp3) is 0.278. The van der Waals surface area contributed by atoms with Gasteiger partial charge in [-0.05, 0) is 42.8 Å². The molecule has 2 aromatic carbocycles. The Morgan fingerprint density at radius 1 is 0.958 bits per heavy atom. The number of aromatic hydroxyl groups is 1. The summed E-state index contributed by atoms with van der Waals surface area (Å²) in [6.45, 7) is 1.70. The molecule has 0 radical (unpaired) electrons. The maximum absolute atomic E-state index is 12.3. The van der Waals surface area contributed by atoms with E-state index in [0.717, 1.165) is 5.56 Å². The normalized spacial score (nSPS) is 10.2. The highest BCUT2D eigenvalue weighted by atomic mass is 16.5. The fourth-order valence-corrected chi connectivity index (χ4v) is 2.23. The zero-order valence-electron chi connectivity index (χ0n) is 14.1. The first-order valence-corrected chi connectivity index (χ1v) is 7.25. The molecule has 2 rings (SSSR count). The maximum atomic E-state index is 12.3. The summed E-state index contributed by atoms with van der Waals surface area (Å²) in [4.78, 5) is 12.3. The van der Waals surface area contributed by atoms with Crippen LogP contribution < -0.4 is 18.9 Å². The maximum Gasteiger partial charge on any atom is 0.204 e. The number of hydrogen-bond donors (Lipinski definition) is 1. The van der Waals surface area contributed by atoms with E-state index in [1.807, 2.05) is 6.92 Å². The summed E-state index contributed by atoms with van der Waals surface area (Å²) in [6, 6.07) is 7.97. The van der Waals surface area contributed by atoms with Crippen LogP contribution in [-0.2, 0) is 0 Å². The minimum Gasteiger partial charge on any atom is -0.504 e. The molecule has 0 saturated carbocycles. The van der Waals surface area contributed by atoms with Gasteiger partial charge in [-0.2, -0.15) is 0 Å². The average Bonchev–Trinajstić information content (AvgIpc) is 2.59. The molecule has 6 heteroatoms. The van der Waals surface area contributed by atoms with Crippen molar-refractivity contribution in [3.8, 4) is 28.7 Å². The summed E-state index contributed by atoms with van der Waals surface area (Å²) in [5, 5.41) is 9.59. The molecule has 1 N–H and O–H groups in total. The van der Waals surface area contributed by atoms with Gasteiger partial charge in [-0.25, -0.2) is 0 Å². The number of aryl methyl sites for hydroxylation is 1. The van der Waals surface area contributed by atoms with Crippen LogP contribution in [0, 0.1) is 6.92 Å². The number of phenols is 1. The van der Waals surface area contributed by atoms with Crippen molar-refractivity contribution >= 4 is 5.78 Å². The largest absolute Gasteiger partial charge is 0.504 e. The molecule has 0 aliphatic rings. The Bertz CT molecular complexity index is 713. The Morgan fingerprint density at radius 3 is 2.08 bits per heavy atom. The van der Waals surface area contributed by atoms with E-state index in [1.54, 1.807) is 12.1 Å². The molecule has 0 aromatic heterocycles. The van der Waals surface area contributed by atoms with E-state index in [0.29, 0.717) is 22.8 Å². The zero-order valence-corrected chi connectivity index (χ0v) is 14.1. The van der Waals surface area contributed by atoms with Gasteiger partial charge in [0.15, 0.2) is 35.4 Å². The van der Waals surface area contributed by atoms with Gasteiger partial charge in [0.1, 0.15) is 0 Å². The molecule has 2 aromatic rings. The van der Waals surface area contributed by atoms with Crippen molar-refractivity contribution in [3.05, 3.63) is 41.5 Å². The lowest BCUT2D eigenvalue weighted by atomic mass is 10.1. The van der Waals surface area contributed by atoms with Gasteiger partial charge in [-0.15, -0.1) is 0 Å². The van der Waals surface area contributed by atoms with Crippen molar-refractivity contribution in [2.75, 3.05) is 27.9 Å². The number of phenolic OH excluding ortho intramolecular Hbond substituents is 1. The van der Waals surface area contributed by atoms with E-state index in [-0.39, 0.29) is 23.9 Å². The Balaban J connectivity index is 2.20. The Hall–Kier alpha value is -2.89. The molecule has 24 heavy (non-hydrogen) atoms. The first-order chi connectivity index (χ1) is 11.5. The SMILES string of the molecule is COc1cc(C(=O)COc2c(OC)cc(C)cc2OC)ccc1O. The third-order valence-electron chi connectivity index (χ3n) is 3.45. The van der Waals surface area contributed by atoms with Crippen molar-refractivity contribution in [1.29, 1.82) is 0 Å². The molecule has 6 nitrogen and oxygen atoms in total. The second-order valence-electron chi connectivity index (χ2n) is 5.10. The van der Waals surface area contributed by atoms with E-state index >= 15 is 0 Å². The van der Waals surface area contributed by atoms with Crippen LogP contribution in [0.4, 0.5) is 0 Å². The highest BCUT2D eigenvalue weighted by Gasteiger charge is 2.16. The Labute approximate surface area is 140 Å². The molecular weight excluding hydrogens is 312 g/mol. The van der Waals surface area contributed by atoms with Gasteiger partial charge in [-0.1, -0.05) is 0 Å². The molecule has 0 atom stereocenters. The monoisotopic (exact) mass is 332 g/mol. The molecule has 0 amide bonds. The zero-order chi connectivity index (χ0) is 17.7. The number of methoxy groups -OCH3 is 3. The van der Waals surface area contributed by atoms with Gasteiger partial charge in [0.25, 0.3) is 0 Å². The summed E-state index contributed by atoms with van der Waals surface area (Å²) in [5.41, 5.74) is 1.32. The number of Topliss-reactive ketones (excluding diaryl/α,β-unsaturated/α-hetero) is 1. The van der Waals surface area contributed by atoms with Crippen molar-refractivity contribution in [2.24, 2.45) is 0 Å². The van der Waals surface area contributed by atoms with Crippen molar-refractivity contribution in [1.82, 2.24) is 0 Å². The lowest BCUT2D eigenvalue weighted by Crippen LogP contribution is -2.12. The lowest BCUT2D eigenvalue weighted by Gasteiger charge is -2.15. The van der Waals surface area contributed by atoms with Crippen LogP contribution >= 0.6 is 0 Å². The third-order valence-corrected chi connectivity index (χ3v) is 3.45. The third kappa shape index (κ3) is 3.71. The lowest BCUT2D eigenvalue weighted by molar-refractivity contribution is 0.0917. The van der Waals surface area contributed by atoms with Crippen LogP contribution in [0.2, 0.25) is 0 Å². The summed E-state index contributed by atoms with van der Waals surface area (Å²) >= 11 is 0. The van der Waals surface area contributed by atoms with Crippen LogP contribution in [0.15, 0.2) is 30.3 Å². The highest BCUT2D eigenvalue weighted by molar-refractivity contribution is 5.97. The molecule has 0 aliphatic heterocycles. The number of ether oxygens (including phenoxy) is 4. The molecule has 0 heterocycles. The first kappa shape index (κ1) is 17.5. The number of rotatable bonds is 7. The molecule has 0 fully saturated rings. The first-order valence-electron chi connectivity index (χ1n) is 7.25. The molecular formula is C18H20O6. The molecule has 0 unspecified atom stereocenters. The van der Waals surface area contributed by atoms with Gasteiger partial charge >= 0.3 is 0 Å². The number of carbonyl (C=O) groups is 1. The summed E-state index contributed by atoms with van der Waals surface area (Å²) in [5.74, 6) is 1.27. The standard InChI is InChI=1S/C18H20O6/c1-11-7-16(22-3)18(17(8-11)23-4)24-10-14(20)12-5-6-13(19)15(9-12)21-2/h5-9,19H,10H2,1-4H3. The van der Waals surface area contributed by atoms with E-state index in [9.17, 15) is 9.90 Å². The minimum atomic E-state index is -0.266. The molecule has 0 saturated heterocycles. The molecule has 0 spiro atoms. The van der Waals surface area contributed by atoms with Gasteiger partial charge in [0.2, 0.25) is 5.75 Å². The fourth-order valence-electron chi connectivity index (χ4n) is 2.23. The number of carbonyl (C=O) groups excluding carboxylic acids is 1. The number of hydrogen-bond acceptors (Lipinski definition) is 6. The Morgan fingerprint density at radius 2 is 1.54 bits per heavy atom. The second kappa shape index (κ2) is 7.59. The van der Waals surface area contributed by atoms with E-state index in [4.69, 9.17) is 18.9 Å². The van der Waals surface area contributed by atoms with Crippen molar-refractivity contribution < 1.29 is 28.8 Å². The van der Waals surface area contributed by atoms with Gasteiger partial charge in [0.05, 0.1) is 21.3 Å². The minimum absolute atomic E-state index is 0.0307. The molecule has 0 aliphatic carbocycles. The number of benzene rings is 2. The predicted molar refractivity (Wildman–Crippen MR) is 88.8 cm³/mol. The quantitative estimate of drug-likeness (QED) is 0.786. The van der Waals surface area contributed by atoms with E-state index < -0.39 is 0 Å². The van der Waals surface area contributed by atoms with Crippen LogP contribution in [-0.4, -0.2) is 38.8 Å². The van der Waals surface area contributed by atoms with Crippen LogP contribution in [0.1, 0.15) is 15.9 Å². The predicted octanol–water partition coefficient (Wildman–Crippen LogP) is 2.99. The van der Waals surface area contributed by atoms with Crippen LogP contribution in [0.3, 0.4) is 0 Å². The summed E-state index contributed by atoms with van der Waals surface area (Å²) in [6.07, 6.45) is 0. The molecule has 128 valence electrons. The smallest absolute Gasteiger partial charge is 0.204 e. The van der Waals surface area contributed by atoms with E-state index in [1.165, 1.54) is 39.5 Å². The van der Waals surface area contributed by atoms with Gasteiger partial charge < -0.3 is 24.1 Å². The second-order valence-corrected chi connectivity index (χ2v) is 5.10. The van der Waals surface area contributed by atoms with Crippen LogP contribution in [0.5, 0.6) is 28.7 Å². The molecule has 0 bridgehead atoms. The topological polar surface area (TPSA) is 74.2 Å². The summed E-state index contributed by atoms with van der Waals surface area (Å²) in [7, 11) is 4.46. The summed E-state index contributed by atoms with van der Waals surface area (Å²) < 4.78 is 21.2. The van der Waals surface area contributed by atoms with E-state index in [2.05, 4.69) is 0 Å². The average molecular weight is 332 g/mol.